The van der Waals surface area contributed by atoms with E-state index in [4.69, 9.17) is 0 Å². The van der Waals surface area contributed by atoms with Crippen LogP contribution >= 0.6 is 0 Å². The third-order valence-corrected chi connectivity index (χ3v) is 1.18. The van der Waals surface area contributed by atoms with Crippen molar-refractivity contribution < 1.29 is 17.6 Å². The third-order valence-electron chi connectivity index (χ3n) is 1.18. The first-order valence-corrected chi connectivity index (χ1v) is 3.13. The molecule has 1 aliphatic heterocycles. The largest absolute Gasteiger partial charge is 0.391 e. The summed E-state index contributed by atoms with van der Waals surface area (Å²) in [6, 6.07) is -1.14. The van der Waals surface area contributed by atoms with E-state index in [1.807, 2.05) is 0 Å². The Hall–Kier alpha value is -0.810. The Balaban J connectivity index is 2.34. The van der Waals surface area contributed by atoms with Crippen LogP contribution in [0.5, 0.6) is 0 Å². The van der Waals surface area contributed by atoms with Gasteiger partial charge in [0.15, 0.2) is 13.1 Å². The normalized spacial score (nSPS) is 23.7. The lowest BCUT2D eigenvalue weighted by Crippen LogP contribution is -2.21. The molecule has 6 heteroatoms. The molecule has 0 aliphatic carbocycles. The van der Waals surface area contributed by atoms with Crippen LogP contribution in [0.1, 0.15) is 6.42 Å². The second-order valence-electron chi connectivity index (χ2n) is 2.24. The van der Waals surface area contributed by atoms with Crippen LogP contribution in [-0.2, 0) is 0 Å². The van der Waals surface area contributed by atoms with Gasteiger partial charge in [0.2, 0.25) is 0 Å². The highest BCUT2D eigenvalue weighted by Crippen LogP contribution is 2.26. The van der Waals surface area contributed by atoms with Gasteiger partial charge in [-0.2, -0.15) is 13.2 Å². The molecule has 0 amide bonds. The van der Waals surface area contributed by atoms with Gasteiger partial charge >= 0.3 is 6.18 Å². The van der Waals surface area contributed by atoms with Crippen molar-refractivity contribution in [3.63, 3.8) is 0 Å². The molecule has 0 N–H and O–H groups in total. The molecule has 1 atom stereocenters. The van der Waals surface area contributed by atoms with Crippen molar-refractivity contribution in [1.29, 1.82) is 0 Å². The Morgan fingerprint density at radius 3 is 2.50 bits per heavy atom. The van der Waals surface area contributed by atoms with E-state index in [2.05, 4.69) is 17.9 Å². The van der Waals surface area contributed by atoms with Gasteiger partial charge in [-0.1, -0.05) is 0 Å². The summed E-state index contributed by atoms with van der Waals surface area (Å²) in [7, 11) is 0. The van der Waals surface area contributed by atoms with Crippen LogP contribution in [0.3, 0.4) is 0 Å². The molecule has 0 fully saturated rings. The monoisotopic (exact) mass is 181 g/mol. The Morgan fingerprint density at radius 2 is 2.08 bits per heavy atom. The first-order valence-electron chi connectivity index (χ1n) is 3.13. The maximum absolute atomic E-state index is 11.8. The van der Waals surface area contributed by atoms with Gasteiger partial charge in [-0.25, -0.2) is 4.39 Å². The summed E-state index contributed by atoms with van der Waals surface area (Å²) in [6.07, 6.45) is -3.36. The van der Waals surface area contributed by atoms with Crippen LogP contribution in [-0.4, -0.2) is 30.3 Å². The summed E-state index contributed by atoms with van der Waals surface area (Å²) in [5, 5.41) is 0. The number of halogens is 4. The predicted molar refractivity (Wildman–Crippen MR) is 33.0 cm³/mol. The van der Waals surface area contributed by atoms with E-state index in [0.29, 0.717) is 0 Å². The van der Waals surface area contributed by atoms with Gasteiger partial charge in [0.1, 0.15) is 6.54 Å². The van der Waals surface area contributed by atoms with Crippen molar-refractivity contribution >= 4 is 6.34 Å². The summed E-state index contributed by atoms with van der Waals surface area (Å²) >= 11 is 0. The molecule has 1 rings (SSSR count). The van der Waals surface area contributed by atoms with Crippen molar-refractivity contribution in [2.75, 3.05) is 6.80 Å². The lowest BCUT2D eigenvalue weighted by atomic mass is 10.2. The number of aliphatic imine (C=N–C) groups is 1. The van der Waals surface area contributed by atoms with E-state index in [9.17, 15) is 17.6 Å². The van der Waals surface area contributed by atoms with Crippen molar-refractivity contribution in [3.05, 3.63) is 6.54 Å². The number of nitrogens with zero attached hydrogens (tertiary/aromatic N) is 2. The average Bonchev–Trinajstić information content (AvgIpc) is 2.32. The molecule has 12 heavy (non-hydrogen) atoms. The van der Waals surface area contributed by atoms with E-state index in [1.165, 1.54) is 0 Å². The Morgan fingerprint density at radius 1 is 1.42 bits per heavy atom. The summed E-state index contributed by atoms with van der Waals surface area (Å²) in [6.45, 7) is 1.21. The molecule has 67 valence electrons. The molecule has 0 spiro atoms. The van der Waals surface area contributed by atoms with Gasteiger partial charge in [-0.05, 0) is 0 Å². The van der Waals surface area contributed by atoms with E-state index < -0.39 is 25.4 Å². The lowest BCUT2D eigenvalue weighted by molar-refractivity contribution is -0.136. The summed E-state index contributed by atoms with van der Waals surface area (Å²) in [4.78, 5) is 4.01. The number of hydrogen-bond acceptors (Lipinski definition) is 2. The molecular formula is C6H5F4N2. The van der Waals surface area contributed by atoms with Crippen LogP contribution < -0.4 is 0 Å². The molecule has 1 heterocycles. The van der Waals surface area contributed by atoms with Gasteiger partial charge in [0, 0.05) is 0 Å². The molecule has 2 nitrogen and oxygen atoms in total. The fraction of sp³-hybridized carbons (Fsp3) is 0.667. The number of hydrogen-bond donors (Lipinski definition) is 0. The van der Waals surface area contributed by atoms with Gasteiger partial charge in [-0.15, -0.1) is 0 Å². The quantitative estimate of drug-likeness (QED) is 0.465. The van der Waals surface area contributed by atoms with Crippen molar-refractivity contribution in [1.82, 2.24) is 4.90 Å². The summed E-state index contributed by atoms with van der Waals surface area (Å²) in [5.74, 6) is 0. The zero-order valence-electron chi connectivity index (χ0n) is 5.90. The van der Waals surface area contributed by atoms with Crippen LogP contribution in [0.2, 0.25) is 0 Å². The minimum Gasteiger partial charge on any atom is -0.313 e. The minimum absolute atomic E-state index is 0.733. The topological polar surface area (TPSA) is 15.6 Å². The van der Waals surface area contributed by atoms with Crippen LogP contribution in [0.15, 0.2) is 4.99 Å². The zero-order valence-corrected chi connectivity index (χ0v) is 5.90. The SMILES string of the molecule is FCN1[C]C(CC(F)(F)F)N=[C]1. The first-order chi connectivity index (χ1) is 5.51. The zero-order chi connectivity index (χ0) is 9.19. The van der Waals surface area contributed by atoms with Crippen molar-refractivity contribution in [2.45, 2.75) is 18.6 Å². The average molecular weight is 181 g/mol. The highest BCUT2D eigenvalue weighted by molar-refractivity contribution is 5.59. The van der Waals surface area contributed by atoms with Crippen LogP contribution in [0.4, 0.5) is 17.6 Å². The molecule has 0 aromatic carbocycles. The Labute approximate surface area is 66.9 Å². The third kappa shape index (κ3) is 2.67. The smallest absolute Gasteiger partial charge is 0.313 e. The number of rotatable bonds is 2. The second-order valence-corrected chi connectivity index (χ2v) is 2.24. The second kappa shape index (κ2) is 3.28. The Kier molecular flexibility index (Phi) is 2.54. The van der Waals surface area contributed by atoms with E-state index in [-0.39, 0.29) is 0 Å². The number of alkyl halides is 4. The molecule has 1 unspecified atom stereocenters. The highest BCUT2D eigenvalue weighted by atomic mass is 19.4. The lowest BCUT2D eigenvalue weighted by Gasteiger charge is -2.11. The molecule has 0 aromatic heterocycles. The van der Waals surface area contributed by atoms with E-state index in [1.54, 1.807) is 0 Å². The van der Waals surface area contributed by atoms with Crippen LogP contribution in [0, 0.1) is 6.54 Å². The van der Waals surface area contributed by atoms with E-state index >= 15 is 0 Å². The minimum atomic E-state index is -4.30. The summed E-state index contributed by atoms with van der Waals surface area (Å²) < 4.78 is 46.9. The predicted octanol–water partition coefficient (Wildman–Crippen LogP) is 1.49. The molecular weight excluding hydrogens is 176 g/mol. The van der Waals surface area contributed by atoms with E-state index in [0.717, 1.165) is 4.90 Å². The fourth-order valence-corrected chi connectivity index (χ4v) is 0.749. The van der Waals surface area contributed by atoms with Crippen LogP contribution in [0.25, 0.3) is 0 Å². The first kappa shape index (κ1) is 9.28. The Bertz CT molecular complexity index is 177. The van der Waals surface area contributed by atoms with Gasteiger partial charge in [0.05, 0.1) is 12.5 Å². The standard InChI is InChI=1S/C6H5F4N2/c7-3-12-2-5(11-4-12)1-6(8,9)10/h5H,1,3H2. The summed E-state index contributed by atoms with van der Waals surface area (Å²) in [5.41, 5.74) is 0. The maximum atomic E-state index is 11.8. The molecule has 1 aliphatic rings. The molecule has 0 saturated heterocycles. The highest BCUT2D eigenvalue weighted by Gasteiger charge is 2.34. The molecule has 0 bridgehead atoms. The fourth-order valence-electron chi connectivity index (χ4n) is 0.749. The molecule has 0 aromatic rings. The van der Waals surface area contributed by atoms with Crippen molar-refractivity contribution in [2.24, 2.45) is 4.99 Å². The maximum Gasteiger partial charge on any atom is 0.391 e. The van der Waals surface area contributed by atoms with Gasteiger partial charge in [-0.3, -0.25) is 4.99 Å². The van der Waals surface area contributed by atoms with Gasteiger partial charge in [0.25, 0.3) is 0 Å². The molecule has 3 radical (unpaired) electrons. The van der Waals surface area contributed by atoms with Crippen molar-refractivity contribution in [3.8, 4) is 0 Å². The van der Waals surface area contributed by atoms with Gasteiger partial charge < -0.3 is 4.90 Å². The molecule has 0 saturated carbocycles.